The van der Waals surface area contributed by atoms with E-state index in [1.807, 2.05) is 12.1 Å². The molecule has 2 rings (SSSR count). The van der Waals surface area contributed by atoms with Gasteiger partial charge in [-0.2, -0.15) is 0 Å². The molecular weight excluding hydrogens is 329 g/mol. The largest absolute Gasteiger partial charge is 0.380 e. The minimum atomic E-state index is -0.228. The number of nitrogens with one attached hydrogen (secondary N) is 1. The zero-order chi connectivity index (χ0) is 15.5. The molecule has 0 spiro atoms. The zero-order valence-corrected chi connectivity index (χ0v) is 14.2. The van der Waals surface area contributed by atoms with Crippen LogP contribution in [0, 0.1) is 5.82 Å². The Labute approximate surface area is 134 Å². The molecule has 1 atom stereocenters. The molecule has 0 aliphatic carbocycles. The van der Waals surface area contributed by atoms with Crippen LogP contribution in [0.1, 0.15) is 32.8 Å². The molecule has 0 fully saturated rings. The minimum absolute atomic E-state index is 0.0412. The van der Waals surface area contributed by atoms with E-state index >= 15 is 0 Å². The van der Waals surface area contributed by atoms with Gasteiger partial charge >= 0.3 is 0 Å². The summed E-state index contributed by atoms with van der Waals surface area (Å²) in [7, 11) is 0. The molecule has 0 saturated carbocycles. The van der Waals surface area contributed by atoms with Crippen LogP contribution >= 0.6 is 15.9 Å². The molecule has 21 heavy (non-hydrogen) atoms. The van der Waals surface area contributed by atoms with Crippen molar-refractivity contribution in [2.24, 2.45) is 0 Å². The van der Waals surface area contributed by atoms with Crippen molar-refractivity contribution in [3.8, 4) is 0 Å². The summed E-state index contributed by atoms with van der Waals surface area (Å²) in [4.78, 5) is 0. The Hall–Kier alpha value is -1.35. The number of anilines is 1. The lowest BCUT2D eigenvalue weighted by Crippen LogP contribution is -2.28. The van der Waals surface area contributed by atoms with Crippen LogP contribution in [0.2, 0.25) is 0 Å². The van der Waals surface area contributed by atoms with E-state index in [9.17, 15) is 4.39 Å². The Bertz CT molecular complexity index is 595. The maximum absolute atomic E-state index is 13.9. The second-order valence-electron chi connectivity index (χ2n) is 6.12. The first-order valence-corrected chi connectivity index (χ1v) is 7.95. The van der Waals surface area contributed by atoms with Gasteiger partial charge in [0, 0.05) is 10.5 Å². The van der Waals surface area contributed by atoms with Gasteiger partial charge in [-0.15, -0.1) is 0 Å². The smallest absolute Gasteiger partial charge is 0.147 e. The van der Waals surface area contributed by atoms with Gasteiger partial charge in [0.25, 0.3) is 0 Å². The summed E-state index contributed by atoms with van der Waals surface area (Å²) < 4.78 is 14.6. The Kier molecular flexibility index (Phi) is 5.04. The molecule has 1 unspecified atom stereocenters. The number of hydrogen-bond acceptors (Lipinski definition) is 1. The minimum Gasteiger partial charge on any atom is -0.380 e. The van der Waals surface area contributed by atoms with Crippen molar-refractivity contribution >= 4 is 21.6 Å². The summed E-state index contributed by atoms with van der Waals surface area (Å²) in [6.07, 6.45) is 0.923. The van der Waals surface area contributed by atoms with Crippen LogP contribution in [-0.4, -0.2) is 6.04 Å². The SMILES string of the molecule is CC(CC(C)(C)c1ccccc1)Nc1ccc(Br)cc1F. The molecule has 0 bridgehead atoms. The molecule has 3 heteroatoms. The van der Waals surface area contributed by atoms with E-state index < -0.39 is 0 Å². The topological polar surface area (TPSA) is 12.0 Å². The Morgan fingerprint density at radius 3 is 2.43 bits per heavy atom. The van der Waals surface area contributed by atoms with Crippen LogP contribution < -0.4 is 5.32 Å². The van der Waals surface area contributed by atoms with Crippen LogP contribution in [0.15, 0.2) is 53.0 Å². The number of benzene rings is 2. The summed E-state index contributed by atoms with van der Waals surface area (Å²) in [5, 5.41) is 3.27. The third kappa shape index (κ3) is 4.31. The van der Waals surface area contributed by atoms with Gasteiger partial charge in [0.15, 0.2) is 0 Å². The highest BCUT2D eigenvalue weighted by Gasteiger charge is 2.23. The van der Waals surface area contributed by atoms with Crippen molar-refractivity contribution in [1.82, 2.24) is 0 Å². The molecule has 1 nitrogen and oxygen atoms in total. The van der Waals surface area contributed by atoms with Crippen LogP contribution in [0.5, 0.6) is 0 Å². The Balaban J connectivity index is 2.06. The van der Waals surface area contributed by atoms with E-state index in [1.54, 1.807) is 6.07 Å². The van der Waals surface area contributed by atoms with Gasteiger partial charge in [0.05, 0.1) is 5.69 Å². The second-order valence-corrected chi connectivity index (χ2v) is 7.04. The van der Waals surface area contributed by atoms with Crippen LogP contribution in [0.4, 0.5) is 10.1 Å². The van der Waals surface area contributed by atoms with Gasteiger partial charge in [-0.05, 0) is 42.5 Å². The van der Waals surface area contributed by atoms with Gasteiger partial charge in [-0.3, -0.25) is 0 Å². The van der Waals surface area contributed by atoms with Crippen molar-refractivity contribution in [2.75, 3.05) is 5.32 Å². The number of rotatable bonds is 5. The lowest BCUT2D eigenvalue weighted by molar-refractivity contribution is 0.449. The molecule has 0 aliphatic heterocycles. The summed E-state index contributed by atoms with van der Waals surface area (Å²) in [5.74, 6) is -0.228. The fourth-order valence-electron chi connectivity index (χ4n) is 2.70. The van der Waals surface area contributed by atoms with E-state index in [1.165, 1.54) is 11.6 Å². The number of hydrogen-bond donors (Lipinski definition) is 1. The predicted molar refractivity (Wildman–Crippen MR) is 91.3 cm³/mol. The molecular formula is C18H21BrFN. The Morgan fingerprint density at radius 1 is 1.14 bits per heavy atom. The molecule has 0 amide bonds. The van der Waals surface area contributed by atoms with Crippen molar-refractivity contribution in [3.05, 3.63) is 64.4 Å². The Morgan fingerprint density at radius 2 is 1.81 bits per heavy atom. The predicted octanol–water partition coefficient (Wildman–Crippen LogP) is 5.76. The normalized spacial score (nSPS) is 13.0. The van der Waals surface area contributed by atoms with Gasteiger partial charge < -0.3 is 5.32 Å². The van der Waals surface area contributed by atoms with Gasteiger partial charge in [-0.1, -0.05) is 60.1 Å². The third-order valence-corrected chi connectivity index (χ3v) is 4.20. The zero-order valence-electron chi connectivity index (χ0n) is 12.7. The summed E-state index contributed by atoms with van der Waals surface area (Å²) in [5.41, 5.74) is 1.89. The van der Waals surface area contributed by atoms with E-state index in [0.29, 0.717) is 5.69 Å². The fraction of sp³-hybridized carbons (Fsp3) is 0.333. The van der Waals surface area contributed by atoms with Crippen LogP contribution in [-0.2, 0) is 5.41 Å². The second kappa shape index (κ2) is 6.61. The molecule has 0 aromatic heterocycles. The highest BCUT2D eigenvalue weighted by atomic mass is 79.9. The monoisotopic (exact) mass is 349 g/mol. The van der Waals surface area contributed by atoms with E-state index in [0.717, 1.165) is 10.9 Å². The van der Waals surface area contributed by atoms with E-state index in [4.69, 9.17) is 0 Å². The van der Waals surface area contributed by atoms with Gasteiger partial charge in [0.1, 0.15) is 5.82 Å². The highest BCUT2D eigenvalue weighted by Crippen LogP contribution is 2.29. The molecule has 112 valence electrons. The summed E-state index contributed by atoms with van der Waals surface area (Å²) >= 11 is 3.27. The molecule has 0 heterocycles. The summed E-state index contributed by atoms with van der Waals surface area (Å²) in [6, 6.07) is 15.7. The number of halogens is 2. The van der Waals surface area contributed by atoms with Crippen molar-refractivity contribution < 1.29 is 4.39 Å². The van der Waals surface area contributed by atoms with Gasteiger partial charge in [0.2, 0.25) is 0 Å². The maximum Gasteiger partial charge on any atom is 0.147 e. The average molecular weight is 350 g/mol. The van der Waals surface area contributed by atoms with E-state index in [2.05, 4.69) is 66.3 Å². The summed E-state index contributed by atoms with van der Waals surface area (Å²) in [6.45, 7) is 6.53. The van der Waals surface area contributed by atoms with E-state index in [-0.39, 0.29) is 17.3 Å². The standard InChI is InChI=1S/C18H21BrFN/c1-13(21-17-10-9-15(19)11-16(17)20)12-18(2,3)14-7-5-4-6-8-14/h4-11,13,21H,12H2,1-3H3. The first kappa shape index (κ1) is 16.0. The lowest BCUT2D eigenvalue weighted by Gasteiger charge is -2.29. The first-order chi connectivity index (χ1) is 9.88. The molecule has 2 aromatic rings. The maximum atomic E-state index is 13.9. The van der Waals surface area contributed by atoms with Crippen molar-refractivity contribution in [2.45, 2.75) is 38.6 Å². The molecule has 0 radical (unpaired) electrons. The van der Waals surface area contributed by atoms with Crippen LogP contribution in [0.25, 0.3) is 0 Å². The molecule has 2 aromatic carbocycles. The van der Waals surface area contributed by atoms with Crippen molar-refractivity contribution in [1.29, 1.82) is 0 Å². The molecule has 0 saturated heterocycles. The average Bonchev–Trinajstić information content (AvgIpc) is 2.42. The first-order valence-electron chi connectivity index (χ1n) is 7.15. The van der Waals surface area contributed by atoms with Gasteiger partial charge in [-0.25, -0.2) is 4.39 Å². The highest BCUT2D eigenvalue weighted by molar-refractivity contribution is 9.10. The lowest BCUT2D eigenvalue weighted by atomic mass is 9.79. The van der Waals surface area contributed by atoms with Crippen LogP contribution in [0.3, 0.4) is 0 Å². The quantitative estimate of drug-likeness (QED) is 0.723. The molecule has 0 aliphatic rings. The third-order valence-electron chi connectivity index (χ3n) is 3.70. The fourth-order valence-corrected chi connectivity index (χ4v) is 3.03. The van der Waals surface area contributed by atoms with Crippen molar-refractivity contribution in [3.63, 3.8) is 0 Å². The molecule has 1 N–H and O–H groups in total.